The number of hydrogen-bond acceptors (Lipinski definition) is 4. The van der Waals surface area contributed by atoms with Gasteiger partial charge < -0.3 is 10.4 Å². The molecule has 2 aromatic rings. The molecule has 3 rings (SSSR count). The lowest BCUT2D eigenvalue weighted by Crippen LogP contribution is -2.19. The number of carbonyl (C=O) groups is 1. The average Bonchev–Trinajstić information content (AvgIpc) is 2.84. The Bertz CT molecular complexity index is 802. The summed E-state index contributed by atoms with van der Waals surface area (Å²) in [5.41, 5.74) is 0.696. The van der Waals surface area contributed by atoms with E-state index in [-0.39, 0.29) is 17.3 Å². The van der Waals surface area contributed by atoms with Gasteiger partial charge in [0.15, 0.2) is 5.17 Å². The maximum absolute atomic E-state index is 13.6. The van der Waals surface area contributed by atoms with Gasteiger partial charge in [-0.2, -0.15) is 0 Å². The van der Waals surface area contributed by atoms with Crippen molar-refractivity contribution in [1.82, 2.24) is 5.32 Å². The molecule has 1 fully saturated rings. The van der Waals surface area contributed by atoms with Gasteiger partial charge in [-0.25, -0.2) is 9.38 Å². The van der Waals surface area contributed by atoms with Crippen molar-refractivity contribution in [2.45, 2.75) is 0 Å². The number of phenolic OH excluding ortho intramolecular Hbond substituents is 1. The number of thioether (sulfide) groups is 1. The van der Waals surface area contributed by atoms with E-state index in [9.17, 15) is 14.3 Å². The van der Waals surface area contributed by atoms with Crippen molar-refractivity contribution in [3.63, 3.8) is 0 Å². The molecule has 0 aliphatic carbocycles. The molecule has 0 radical (unpaired) electrons. The molecule has 0 aromatic heterocycles. The zero-order valence-corrected chi connectivity index (χ0v) is 12.1. The van der Waals surface area contributed by atoms with Gasteiger partial charge in [0.05, 0.1) is 4.91 Å². The minimum atomic E-state index is -0.456. The number of rotatable bonds is 2. The lowest BCUT2D eigenvalue weighted by molar-refractivity contribution is -0.115. The number of para-hydroxylation sites is 2. The number of nitrogens with one attached hydrogen (secondary N) is 1. The molecule has 0 unspecified atom stereocenters. The van der Waals surface area contributed by atoms with Crippen molar-refractivity contribution in [2.75, 3.05) is 0 Å². The van der Waals surface area contributed by atoms with Gasteiger partial charge in [0.1, 0.15) is 17.3 Å². The van der Waals surface area contributed by atoms with Gasteiger partial charge >= 0.3 is 0 Å². The van der Waals surface area contributed by atoms with Crippen LogP contribution in [0.4, 0.5) is 10.1 Å². The SMILES string of the molecule is O=C1NC(=Nc2ccccc2F)S/C1=C\c1ccccc1O. The maximum Gasteiger partial charge on any atom is 0.264 e. The first kappa shape index (κ1) is 14.3. The molecule has 1 amide bonds. The highest BCUT2D eigenvalue weighted by molar-refractivity contribution is 8.18. The van der Waals surface area contributed by atoms with E-state index in [2.05, 4.69) is 10.3 Å². The monoisotopic (exact) mass is 314 g/mol. The van der Waals surface area contributed by atoms with Crippen LogP contribution in [-0.4, -0.2) is 16.2 Å². The molecule has 0 bridgehead atoms. The molecule has 22 heavy (non-hydrogen) atoms. The largest absolute Gasteiger partial charge is 0.507 e. The minimum absolute atomic E-state index is 0.0860. The van der Waals surface area contributed by atoms with Gasteiger partial charge in [-0.15, -0.1) is 0 Å². The fraction of sp³-hybridized carbons (Fsp3) is 0. The molecular weight excluding hydrogens is 303 g/mol. The number of aliphatic imine (C=N–C) groups is 1. The quantitative estimate of drug-likeness (QED) is 0.835. The number of carbonyl (C=O) groups excluding carboxylic acids is 1. The zero-order valence-electron chi connectivity index (χ0n) is 11.3. The van der Waals surface area contributed by atoms with E-state index in [1.807, 2.05) is 0 Å². The summed E-state index contributed by atoms with van der Waals surface area (Å²) in [7, 11) is 0. The third-order valence-corrected chi connectivity index (χ3v) is 3.86. The summed E-state index contributed by atoms with van der Waals surface area (Å²) < 4.78 is 13.6. The van der Waals surface area contributed by atoms with Gasteiger partial charge in [0.25, 0.3) is 5.91 Å². The van der Waals surface area contributed by atoms with E-state index in [1.54, 1.807) is 36.4 Å². The summed E-state index contributed by atoms with van der Waals surface area (Å²) in [6.45, 7) is 0. The Labute approximate surface area is 130 Å². The number of amidine groups is 1. The third kappa shape index (κ3) is 3.01. The number of aromatic hydroxyl groups is 1. The molecule has 6 heteroatoms. The van der Waals surface area contributed by atoms with Gasteiger partial charge in [-0.1, -0.05) is 30.3 Å². The predicted octanol–water partition coefficient (Wildman–Crippen LogP) is 3.42. The number of phenols is 1. The number of benzene rings is 2. The number of amides is 1. The average molecular weight is 314 g/mol. The van der Waals surface area contributed by atoms with Crippen LogP contribution in [-0.2, 0) is 4.79 Å². The van der Waals surface area contributed by atoms with E-state index in [0.717, 1.165) is 11.8 Å². The Morgan fingerprint density at radius 2 is 1.86 bits per heavy atom. The summed E-state index contributed by atoms with van der Waals surface area (Å²) in [6, 6.07) is 12.8. The summed E-state index contributed by atoms with van der Waals surface area (Å²) >= 11 is 1.10. The second kappa shape index (κ2) is 6.03. The maximum atomic E-state index is 13.6. The lowest BCUT2D eigenvalue weighted by atomic mass is 10.2. The molecule has 0 saturated carbocycles. The van der Waals surface area contributed by atoms with Crippen molar-refractivity contribution in [3.8, 4) is 5.75 Å². The van der Waals surface area contributed by atoms with E-state index >= 15 is 0 Å². The molecule has 0 atom stereocenters. The van der Waals surface area contributed by atoms with Crippen LogP contribution in [0.2, 0.25) is 0 Å². The van der Waals surface area contributed by atoms with Crippen molar-refractivity contribution >= 4 is 34.6 Å². The highest BCUT2D eigenvalue weighted by Crippen LogP contribution is 2.30. The fourth-order valence-electron chi connectivity index (χ4n) is 1.88. The van der Waals surface area contributed by atoms with Crippen molar-refractivity contribution in [3.05, 3.63) is 64.8 Å². The van der Waals surface area contributed by atoms with Gasteiger partial charge in [-0.3, -0.25) is 4.79 Å². The molecule has 2 aromatic carbocycles. The molecule has 4 nitrogen and oxygen atoms in total. The minimum Gasteiger partial charge on any atom is -0.507 e. The summed E-state index contributed by atoms with van der Waals surface area (Å²) in [6.07, 6.45) is 1.57. The van der Waals surface area contributed by atoms with Crippen molar-refractivity contribution in [2.24, 2.45) is 4.99 Å². The second-order valence-electron chi connectivity index (χ2n) is 4.49. The number of nitrogens with zero attached hydrogens (tertiary/aromatic N) is 1. The van der Waals surface area contributed by atoms with Crippen LogP contribution in [0, 0.1) is 5.82 Å². The zero-order chi connectivity index (χ0) is 15.5. The van der Waals surface area contributed by atoms with Crippen molar-refractivity contribution < 1.29 is 14.3 Å². The molecule has 1 heterocycles. The second-order valence-corrected chi connectivity index (χ2v) is 5.52. The van der Waals surface area contributed by atoms with E-state index in [4.69, 9.17) is 0 Å². The highest BCUT2D eigenvalue weighted by atomic mass is 32.2. The molecule has 110 valence electrons. The Hall–Kier alpha value is -2.60. The van der Waals surface area contributed by atoms with Crippen LogP contribution in [0.1, 0.15) is 5.56 Å². The topological polar surface area (TPSA) is 61.7 Å². The highest BCUT2D eigenvalue weighted by Gasteiger charge is 2.24. The smallest absolute Gasteiger partial charge is 0.264 e. The van der Waals surface area contributed by atoms with E-state index < -0.39 is 5.82 Å². The number of hydrogen-bond donors (Lipinski definition) is 2. The van der Waals surface area contributed by atoms with Crippen LogP contribution in [0.15, 0.2) is 58.4 Å². The predicted molar refractivity (Wildman–Crippen MR) is 85.3 cm³/mol. The lowest BCUT2D eigenvalue weighted by Gasteiger charge is -1.98. The first-order valence-corrected chi connectivity index (χ1v) is 7.27. The van der Waals surface area contributed by atoms with Crippen LogP contribution in [0.5, 0.6) is 5.75 Å². The number of halogens is 1. The summed E-state index contributed by atoms with van der Waals surface area (Å²) in [4.78, 5) is 16.4. The first-order chi connectivity index (χ1) is 10.6. The van der Waals surface area contributed by atoms with Crippen LogP contribution < -0.4 is 5.32 Å². The Morgan fingerprint density at radius 3 is 2.64 bits per heavy atom. The summed E-state index contributed by atoms with van der Waals surface area (Å²) in [5, 5.41) is 12.6. The Morgan fingerprint density at radius 1 is 1.14 bits per heavy atom. The normalized spacial score (nSPS) is 18.0. The standard InChI is InChI=1S/C16H11FN2O2S/c17-11-6-2-3-7-12(11)18-16-19-15(21)14(22-16)9-10-5-1-4-8-13(10)20/h1-9,20H,(H,18,19,21)/b14-9-. The molecule has 2 N–H and O–H groups in total. The molecule has 1 aliphatic rings. The van der Waals surface area contributed by atoms with E-state index in [1.165, 1.54) is 18.2 Å². The fourth-order valence-corrected chi connectivity index (χ4v) is 2.71. The van der Waals surface area contributed by atoms with Crippen LogP contribution >= 0.6 is 11.8 Å². The van der Waals surface area contributed by atoms with E-state index in [0.29, 0.717) is 15.6 Å². The van der Waals surface area contributed by atoms with Crippen molar-refractivity contribution in [1.29, 1.82) is 0 Å². The van der Waals surface area contributed by atoms with Crippen LogP contribution in [0.25, 0.3) is 6.08 Å². The van der Waals surface area contributed by atoms with Gasteiger partial charge in [-0.05, 0) is 36.0 Å². The molecule has 1 saturated heterocycles. The summed E-state index contributed by atoms with van der Waals surface area (Å²) in [5.74, 6) is -0.700. The van der Waals surface area contributed by atoms with Gasteiger partial charge in [0.2, 0.25) is 0 Å². The van der Waals surface area contributed by atoms with Gasteiger partial charge in [0, 0.05) is 5.56 Å². The molecular formula is C16H11FN2O2S. The molecule has 0 spiro atoms. The van der Waals surface area contributed by atoms with Crippen LogP contribution in [0.3, 0.4) is 0 Å². The molecule has 1 aliphatic heterocycles. The first-order valence-electron chi connectivity index (χ1n) is 6.45. The Kier molecular flexibility index (Phi) is 3.93. The Balaban J connectivity index is 1.88. The third-order valence-electron chi connectivity index (χ3n) is 2.95.